The second-order valence-electron chi connectivity index (χ2n) is 7.69. The van der Waals surface area contributed by atoms with E-state index in [4.69, 9.17) is 33.0 Å². The molecule has 4 rings (SSSR count). The monoisotopic (exact) mass is 485 g/mol. The van der Waals surface area contributed by atoms with E-state index in [1.54, 1.807) is 25.3 Å². The number of carbonyl (C=O) groups is 2. The molecule has 0 bridgehead atoms. The summed E-state index contributed by atoms with van der Waals surface area (Å²) in [5.74, 6) is -0.549. The van der Waals surface area contributed by atoms with Crippen LogP contribution in [0.1, 0.15) is 42.9 Å². The zero-order chi connectivity index (χ0) is 23.5. The van der Waals surface area contributed by atoms with Crippen LogP contribution in [0.5, 0.6) is 5.75 Å². The summed E-state index contributed by atoms with van der Waals surface area (Å²) >= 11 is 12.7. The largest absolute Gasteiger partial charge is 0.497 e. The number of hydrogen-bond donors (Lipinski definition) is 1. The molecule has 0 fully saturated rings. The van der Waals surface area contributed by atoms with Gasteiger partial charge in [-0.25, -0.2) is 9.99 Å². The highest BCUT2D eigenvalue weighted by Crippen LogP contribution is 2.38. The van der Waals surface area contributed by atoms with Gasteiger partial charge in [-0.05, 0) is 42.3 Å². The first-order chi connectivity index (χ1) is 15.9. The number of benzene rings is 2. The van der Waals surface area contributed by atoms with Gasteiger partial charge in [0, 0.05) is 41.3 Å². The highest BCUT2D eigenvalue weighted by molar-refractivity contribution is 6.31. The topological polar surface area (TPSA) is 92.1 Å². The van der Waals surface area contributed by atoms with E-state index < -0.39 is 12.0 Å². The van der Waals surface area contributed by atoms with Crippen LogP contribution in [0.15, 0.2) is 53.6 Å². The first-order valence-corrected chi connectivity index (χ1v) is 11.1. The van der Waals surface area contributed by atoms with Crippen LogP contribution in [0.2, 0.25) is 10.2 Å². The molecule has 33 heavy (non-hydrogen) atoms. The molecular weight excluding hydrogens is 465 g/mol. The summed E-state index contributed by atoms with van der Waals surface area (Å²) in [6, 6.07) is 14.2. The van der Waals surface area contributed by atoms with Gasteiger partial charge in [0.1, 0.15) is 10.9 Å². The van der Waals surface area contributed by atoms with Gasteiger partial charge in [-0.3, -0.25) is 9.59 Å². The molecule has 1 amide bonds. The minimum Gasteiger partial charge on any atom is -0.497 e. The van der Waals surface area contributed by atoms with E-state index in [9.17, 15) is 9.59 Å². The van der Waals surface area contributed by atoms with Crippen molar-refractivity contribution in [1.29, 1.82) is 0 Å². The molecule has 0 unspecified atom stereocenters. The van der Waals surface area contributed by atoms with Crippen LogP contribution in [0.3, 0.4) is 0 Å². The second kappa shape index (κ2) is 9.77. The predicted molar refractivity (Wildman–Crippen MR) is 127 cm³/mol. The molecule has 0 saturated carbocycles. The third-order valence-electron chi connectivity index (χ3n) is 5.47. The Kier molecular flexibility index (Phi) is 6.81. The second-order valence-corrected chi connectivity index (χ2v) is 8.48. The standard InChI is InChI=1S/C24H21Cl2N3O4/c1-33-17-9-8-15-11-18(24(26)27-19(15)12-17)21-13-20(14-4-2-5-16(25)10-14)28-29(21)22(30)6-3-7-23(31)32/h2,4-5,8-12,21H,3,6-7,13H2,1H3,(H,31,32)/t21-/m1/s1. The Bertz CT molecular complexity index is 1260. The van der Waals surface area contributed by atoms with E-state index in [2.05, 4.69) is 10.1 Å². The number of rotatable bonds is 7. The summed E-state index contributed by atoms with van der Waals surface area (Å²) in [6.07, 6.45) is 0.622. The summed E-state index contributed by atoms with van der Waals surface area (Å²) < 4.78 is 5.26. The summed E-state index contributed by atoms with van der Waals surface area (Å²) in [5.41, 5.74) is 2.85. The molecule has 170 valence electrons. The molecule has 0 radical (unpaired) electrons. The number of carboxylic acid groups (broad SMARTS) is 1. The fourth-order valence-electron chi connectivity index (χ4n) is 3.83. The maximum absolute atomic E-state index is 13.0. The Morgan fingerprint density at radius 1 is 1.15 bits per heavy atom. The molecule has 0 saturated heterocycles. The normalized spacial score (nSPS) is 15.5. The van der Waals surface area contributed by atoms with Crippen LogP contribution in [0, 0.1) is 0 Å². The predicted octanol–water partition coefficient (Wildman–Crippen LogP) is 5.48. The van der Waals surface area contributed by atoms with Crippen LogP contribution in [-0.4, -0.2) is 39.8 Å². The van der Waals surface area contributed by atoms with Crippen molar-refractivity contribution in [3.63, 3.8) is 0 Å². The Balaban J connectivity index is 1.70. The van der Waals surface area contributed by atoms with Crippen LogP contribution in [0.4, 0.5) is 0 Å². The Hall–Kier alpha value is -3.16. The molecule has 1 aliphatic rings. The average molecular weight is 486 g/mol. The molecule has 1 aromatic heterocycles. The summed E-state index contributed by atoms with van der Waals surface area (Å²) in [5, 5.41) is 16.6. The SMILES string of the molecule is COc1ccc2cc([C@H]3CC(c4cccc(Cl)c4)=NN3C(=O)CCCC(=O)O)c(Cl)nc2c1. The number of carboxylic acids is 1. The number of carbonyl (C=O) groups excluding carboxylic acids is 1. The van der Waals surface area contributed by atoms with Crippen molar-refractivity contribution in [2.75, 3.05) is 7.11 Å². The molecular formula is C24H21Cl2N3O4. The average Bonchev–Trinajstić information content (AvgIpc) is 3.23. The number of hydrogen-bond acceptors (Lipinski definition) is 5. The molecule has 2 heterocycles. The van der Waals surface area contributed by atoms with Crippen LogP contribution in [-0.2, 0) is 9.59 Å². The van der Waals surface area contributed by atoms with Gasteiger partial charge >= 0.3 is 5.97 Å². The molecule has 0 spiro atoms. The first-order valence-electron chi connectivity index (χ1n) is 10.4. The molecule has 1 atom stereocenters. The maximum atomic E-state index is 13.0. The van der Waals surface area contributed by atoms with E-state index in [-0.39, 0.29) is 30.3 Å². The van der Waals surface area contributed by atoms with Crippen molar-refractivity contribution in [3.05, 3.63) is 69.8 Å². The number of aromatic nitrogens is 1. The van der Waals surface area contributed by atoms with Crippen molar-refractivity contribution in [2.45, 2.75) is 31.7 Å². The van der Waals surface area contributed by atoms with Crippen molar-refractivity contribution < 1.29 is 19.4 Å². The van der Waals surface area contributed by atoms with Crippen LogP contribution in [0.25, 0.3) is 10.9 Å². The smallest absolute Gasteiger partial charge is 0.303 e. The lowest BCUT2D eigenvalue weighted by molar-refractivity contribution is -0.137. The first kappa shape index (κ1) is 23.0. The van der Waals surface area contributed by atoms with Crippen LogP contribution < -0.4 is 4.74 Å². The lowest BCUT2D eigenvalue weighted by atomic mass is 9.98. The van der Waals surface area contributed by atoms with Gasteiger partial charge < -0.3 is 9.84 Å². The molecule has 1 aliphatic heterocycles. The highest BCUT2D eigenvalue weighted by atomic mass is 35.5. The van der Waals surface area contributed by atoms with Crippen molar-refractivity contribution in [1.82, 2.24) is 9.99 Å². The number of halogens is 2. The molecule has 2 aromatic carbocycles. The number of amides is 1. The number of fused-ring (bicyclic) bond motifs is 1. The van der Waals surface area contributed by atoms with E-state index >= 15 is 0 Å². The number of ether oxygens (including phenoxy) is 1. The lowest BCUT2D eigenvalue weighted by Gasteiger charge is -2.23. The Labute approximate surface area is 200 Å². The third-order valence-corrected chi connectivity index (χ3v) is 6.01. The van der Waals surface area contributed by atoms with Gasteiger partial charge in [-0.15, -0.1) is 0 Å². The van der Waals surface area contributed by atoms with Gasteiger partial charge in [-0.2, -0.15) is 5.10 Å². The van der Waals surface area contributed by atoms with Crippen molar-refractivity contribution in [2.24, 2.45) is 5.10 Å². The van der Waals surface area contributed by atoms with Crippen LogP contribution >= 0.6 is 23.2 Å². The quantitative estimate of drug-likeness (QED) is 0.447. The maximum Gasteiger partial charge on any atom is 0.303 e. The van der Waals surface area contributed by atoms with Gasteiger partial charge in [0.05, 0.1) is 24.4 Å². The summed E-state index contributed by atoms with van der Waals surface area (Å²) in [4.78, 5) is 28.4. The van der Waals surface area contributed by atoms with Crippen molar-refractivity contribution in [3.8, 4) is 5.75 Å². The zero-order valence-corrected chi connectivity index (χ0v) is 19.3. The fourth-order valence-corrected chi connectivity index (χ4v) is 4.29. The van der Waals surface area contributed by atoms with E-state index in [1.807, 2.05) is 30.3 Å². The van der Waals surface area contributed by atoms with Gasteiger partial charge in [0.2, 0.25) is 5.91 Å². The number of pyridine rings is 1. The molecule has 9 heteroatoms. The summed E-state index contributed by atoms with van der Waals surface area (Å²) in [7, 11) is 1.58. The number of aliphatic carboxylic acids is 1. The zero-order valence-electron chi connectivity index (χ0n) is 17.8. The molecule has 7 nitrogen and oxygen atoms in total. The van der Waals surface area contributed by atoms with E-state index in [1.165, 1.54) is 5.01 Å². The minimum atomic E-state index is -0.943. The number of hydrazone groups is 1. The number of methoxy groups -OCH3 is 1. The lowest BCUT2D eigenvalue weighted by Crippen LogP contribution is -2.27. The summed E-state index contributed by atoms with van der Waals surface area (Å²) in [6.45, 7) is 0. The molecule has 1 N–H and O–H groups in total. The third kappa shape index (κ3) is 5.10. The van der Waals surface area contributed by atoms with Gasteiger partial charge in [0.15, 0.2) is 0 Å². The van der Waals surface area contributed by atoms with E-state index in [0.29, 0.717) is 34.0 Å². The minimum absolute atomic E-state index is 0.0605. The van der Waals surface area contributed by atoms with Gasteiger partial charge in [-0.1, -0.05) is 35.3 Å². The molecule has 3 aromatic rings. The van der Waals surface area contributed by atoms with Gasteiger partial charge in [0.25, 0.3) is 0 Å². The van der Waals surface area contributed by atoms with E-state index in [0.717, 1.165) is 10.9 Å². The Morgan fingerprint density at radius 2 is 1.97 bits per heavy atom. The number of nitrogens with zero attached hydrogens (tertiary/aromatic N) is 3. The highest BCUT2D eigenvalue weighted by Gasteiger charge is 2.34. The Morgan fingerprint density at radius 3 is 2.70 bits per heavy atom. The molecule has 0 aliphatic carbocycles. The van der Waals surface area contributed by atoms with Crippen molar-refractivity contribution >= 4 is 51.7 Å². The fraction of sp³-hybridized carbons (Fsp3) is 0.250.